The first-order valence-corrected chi connectivity index (χ1v) is 6.72. The van der Waals surface area contributed by atoms with E-state index in [1.54, 1.807) is 0 Å². The van der Waals surface area contributed by atoms with E-state index in [9.17, 15) is 28.1 Å². The van der Waals surface area contributed by atoms with Gasteiger partial charge >= 0.3 is 6.18 Å². The zero-order chi connectivity index (χ0) is 17.4. The van der Waals surface area contributed by atoms with Crippen LogP contribution in [0.5, 0.6) is 0 Å². The van der Waals surface area contributed by atoms with Crippen LogP contribution >= 0.6 is 23.2 Å². The fourth-order valence-electron chi connectivity index (χ4n) is 1.89. The van der Waals surface area contributed by atoms with E-state index in [0.29, 0.717) is 12.1 Å². The summed E-state index contributed by atoms with van der Waals surface area (Å²) in [4.78, 5) is 21.9. The Balaban J connectivity index is 2.54. The van der Waals surface area contributed by atoms with Gasteiger partial charge in [-0.15, -0.1) is 0 Å². The van der Waals surface area contributed by atoms with Gasteiger partial charge in [0.05, 0.1) is 9.95 Å². The van der Waals surface area contributed by atoms with Gasteiger partial charge < -0.3 is 0 Å². The fraction of sp³-hybridized carbons (Fsp3) is 0.0714. The largest absolute Gasteiger partial charge is 0.422 e. The molecule has 0 saturated heterocycles. The molecule has 0 N–H and O–H groups in total. The van der Waals surface area contributed by atoms with E-state index in [1.165, 1.54) is 18.2 Å². The van der Waals surface area contributed by atoms with Crippen molar-refractivity contribution in [2.24, 2.45) is 0 Å². The minimum absolute atomic E-state index is 0.00921. The molecule has 0 aliphatic heterocycles. The first-order chi connectivity index (χ1) is 10.6. The maximum absolute atomic E-state index is 12.7. The molecule has 0 saturated carbocycles. The van der Waals surface area contributed by atoms with Crippen LogP contribution in [-0.4, -0.2) is 10.7 Å². The first-order valence-electron chi connectivity index (χ1n) is 5.96. The molecule has 2 rings (SSSR count). The van der Waals surface area contributed by atoms with Crippen LogP contribution in [0, 0.1) is 10.1 Å². The number of carbonyl (C=O) groups excluding carboxylic acids is 1. The summed E-state index contributed by atoms with van der Waals surface area (Å²) < 4.78 is 38.2. The summed E-state index contributed by atoms with van der Waals surface area (Å²) in [5, 5.41) is 11.1. The molecule has 2 aromatic rings. The van der Waals surface area contributed by atoms with Crippen molar-refractivity contribution < 1.29 is 22.9 Å². The number of nitro groups is 1. The lowest BCUT2D eigenvalue weighted by molar-refractivity contribution is -0.388. The molecule has 4 nitrogen and oxygen atoms in total. The Bertz CT molecular complexity index is 806. The molecule has 0 bridgehead atoms. The number of carbonyl (C=O) groups is 1. The van der Waals surface area contributed by atoms with Crippen molar-refractivity contribution in [2.45, 2.75) is 6.18 Å². The Morgan fingerprint density at radius 3 is 2.26 bits per heavy atom. The number of hydrogen-bond acceptors (Lipinski definition) is 3. The maximum atomic E-state index is 12.7. The van der Waals surface area contributed by atoms with Gasteiger partial charge in [-0.05, 0) is 30.3 Å². The van der Waals surface area contributed by atoms with Gasteiger partial charge in [0, 0.05) is 22.2 Å². The van der Waals surface area contributed by atoms with Crippen LogP contribution in [0.3, 0.4) is 0 Å². The third-order valence-electron chi connectivity index (χ3n) is 2.94. The lowest BCUT2D eigenvalue weighted by Gasteiger charge is -2.09. The van der Waals surface area contributed by atoms with Crippen molar-refractivity contribution in [1.29, 1.82) is 0 Å². The molecule has 0 atom stereocenters. The molecule has 0 amide bonds. The molecule has 2 aromatic carbocycles. The van der Waals surface area contributed by atoms with Crippen molar-refractivity contribution in [3.8, 4) is 0 Å². The van der Waals surface area contributed by atoms with Crippen LogP contribution in [-0.2, 0) is 6.18 Å². The second-order valence-corrected chi connectivity index (χ2v) is 5.28. The van der Waals surface area contributed by atoms with Gasteiger partial charge in [-0.1, -0.05) is 23.2 Å². The van der Waals surface area contributed by atoms with Crippen molar-refractivity contribution >= 4 is 34.7 Å². The minimum atomic E-state index is -4.90. The molecule has 9 heteroatoms. The molecule has 0 aliphatic rings. The number of nitro benzene ring substituents is 1. The first kappa shape index (κ1) is 17.2. The average molecular weight is 364 g/mol. The number of alkyl halides is 3. The Kier molecular flexibility index (Phi) is 4.63. The summed E-state index contributed by atoms with van der Waals surface area (Å²) in [6.07, 6.45) is -4.90. The number of hydrogen-bond donors (Lipinski definition) is 0. The second kappa shape index (κ2) is 6.17. The monoisotopic (exact) mass is 363 g/mol. The fourth-order valence-corrected chi connectivity index (χ4v) is 2.39. The van der Waals surface area contributed by atoms with Crippen LogP contribution in [0.15, 0.2) is 36.4 Å². The zero-order valence-electron chi connectivity index (χ0n) is 11.0. The summed E-state index contributed by atoms with van der Waals surface area (Å²) in [5.41, 5.74) is -2.94. The second-order valence-electron chi connectivity index (χ2n) is 4.44. The van der Waals surface area contributed by atoms with Crippen LogP contribution in [0.4, 0.5) is 18.9 Å². The topological polar surface area (TPSA) is 60.2 Å². The third kappa shape index (κ3) is 3.62. The number of rotatable bonds is 3. The zero-order valence-corrected chi connectivity index (χ0v) is 12.5. The molecular formula is C14H6Cl2F3NO3. The lowest BCUT2D eigenvalue weighted by Crippen LogP contribution is -2.11. The third-order valence-corrected chi connectivity index (χ3v) is 3.49. The number of nitrogens with zero attached hydrogens (tertiary/aromatic N) is 1. The van der Waals surface area contributed by atoms with E-state index in [2.05, 4.69) is 0 Å². The molecule has 120 valence electrons. The molecule has 0 unspecified atom stereocenters. The van der Waals surface area contributed by atoms with Crippen molar-refractivity contribution in [3.05, 3.63) is 73.2 Å². The maximum Gasteiger partial charge on any atom is 0.422 e. The molecule has 0 fully saturated rings. The summed E-state index contributed by atoms with van der Waals surface area (Å²) in [6, 6.07) is 5.89. The number of ketones is 1. The van der Waals surface area contributed by atoms with Gasteiger partial charge in [0.25, 0.3) is 5.69 Å². The van der Waals surface area contributed by atoms with Gasteiger partial charge in [0.2, 0.25) is 0 Å². The van der Waals surface area contributed by atoms with E-state index >= 15 is 0 Å². The molecule has 0 spiro atoms. The van der Waals surface area contributed by atoms with Crippen molar-refractivity contribution in [1.82, 2.24) is 0 Å². The highest BCUT2D eigenvalue weighted by molar-refractivity contribution is 6.37. The molecule has 0 aliphatic carbocycles. The minimum Gasteiger partial charge on any atom is -0.289 e. The van der Waals surface area contributed by atoms with Gasteiger partial charge in [0.15, 0.2) is 5.78 Å². The predicted octanol–water partition coefficient (Wildman–Crippen LogP) is 5.15. The van der Waals surface area contributed by atoms with E-state index < -0.39 is 28.1 Å². The summed E-state index contributed by atoms with van der Waals surface area (Å²) >= 11 is 11.6. The quantitative estimate of drug-likeness (QED) is 0.430. The normalized spacial score (nSPS) is 11.3. The Hall–Kier alpha value is -2.12. The van der Waals surface area contributed by atoms with E-state index in [1.807, 2.05) is 0 Å². The van der Waals surface area contributed by atoms with Crippen LogP contribution in [0.25, 0.3) is 0 Å². The van der Waals surface area contributed by atoms with Gasteiger partial charge in [-0.3, -0.25) is 14.9 Å². The molecule has 0 radical (unpaired) electrons. The highest BCUT2D eigenvalue weighted by Crippen LogP contribution is 2.37. The summed E-state index contributed by atoms with van der Waals surface area (Å²) in [7, 11) is 0. The van der Waals surface area contributed by atoms with Crippen molar-refractivity contribution in [2.75, 3.05) is 0 Å². The number of benzene rings is 2. The standard InChI is InChI=1S/C14H6Cl2F3NO3/c15-8-2-3-9(11(16)6-8)13(21)7-1-4-10(14(17,18)19)12(5-7)20(22)23/h1-6H. The Labute approximate surface area is 137 Å². The number of halogens is 5. The Morgan fingerprint density at radius 2 is 1.74 bits per heavy atom. The lowest BCUT2D eigenvalue weighted by atomic mass is 10.0. The molecule has 0 aromatic heterocycles. The van der Waals surface area contributed by atoms with Gasteiger partial charge in [-0.25, -0.2) is 0 Å². The van der Waals surface area contributed by atoms with Gasteiger partial charge in [-0.2, -0.15) is 13.2 Å². The van der Waals surface area contributed by atoms with E-state index in [-0.39, 0.29) is 21.2 Å². The predicted molar refractivity (Wildman–Crippen MR) is 78.0 cm³/mol. The van der Waals surface area contributed by atoms with E-state index in [4.69, 9.17) is 23.2 Å². The van der Waals surface area contributed by atoms with Gasteiger partial charge in [0.1, 0.15) is 5.56 Å². The van der Waals surface area contributed by atoms with Crippen LogP contribution < -0.4 is 0 Å². The van der Waals surface area contributed by atoms with Crippen LogP contribution in [0.1, 0.15) is 21.5 Å². The van der Waals surface area contributed by atoms with Crippen molar-refractivity contribution in [3.63, 3.8) is 0 Å². The molecule has 23 heavy (non-hydrogen) atoms. The van der Waals surface area contributed by atoms with Crippen LogP contribution in [0.2, 0.25) is 10.0 Å². The molecule has 0 heterocycles. The summed E-state index contributed by atoms with van der Waals surface area (Å²) in [6.45, 7) is 0. The smallest absolute Gasteiger partial charge is 0.289 e. The summed E-state index contributed by atoms with van der Waals surface area (Å²) in [5.74, 6) is -0.747. The molecular weight excluding hydrogens is 358 g/mol. The Morgan fingerprint density at radius 1 is 1.09 bits per heavy atom. The SMILES string of the molecule is O=C(c1ccc(C(F)(F)F)c([N+](=O)[O-])c1)c1ccc(Cl)cc1Cl. The highest BCUT2D eigenvalue weighted by Gasteiger charge is 2.38. The average Bonchev–Trinajstić information content (AvgIpc) is 2.45. The van der Waals surface area contributed by atoms with E-state index in [0.717, 1.165) is 6.07 Å². The highest BCUT2D eigenvalue weighted by atomic mass is 35.5.